The molecule has 8 heterocycles. The first kappa shape index (κ1) is 134. The number of ether oxygens (including phenoxy) is 16. The van der Waals surface area contributed by atoms with Crippen LogP contribution in [0, 0.1) is 26.4 Å². The minimum atomic E-state index is -5.66. The molecular weight excluding hydrogens is 1780 g/mol. The van der Waals surface area contributed by atoms with Crippen molar-refractivity contribution in [2.75, 3.05) is 39.6 Å². The van der Waals surface area contributed by atoms with Crippen LogP contribution >= 0.6 is 0 Å². The van der Waals surface area contributed by atoms with Crippen molar-refractivity contribution < 1.29 is 565 Å². The average Bonchev–Trinajstić information content (AvgIpc) is 0.786. The topological polar surface area (TPSA) is 798 Å². The molecule has 0 saturated carbocycles. The van der Waals surface area contributed by atoms with Gasteiger partial charge in [0.1, 0.15) is 98.4 Å². The maximum Gasteiger partial charge on any atom is 1.00 e. The van der Waals surface area contributed by atoms with Gasteiger partial charge >= 0.3 is 355 Å². The summed E-state index contributed by atoms with van der Waals surface area (Å²) >= 11 is 0. The van der Waals surface area contributed by atoms with Gasteiger partial charge in [-0.05, 0) is 50.2 Å². The molecule has 8 aliphatic rings. The number of aliphatic hydroxyl groups is 13. The first-order chi connectivity index (χ1) is 48.1. The van der Waals surface area contributed by atoms with E-state index in [1.54, 1.807) is 0 Å². The zero-order valence-corrected chi connectivity index (χ0v) is 91.8. The van der Waals surface area contributed by atoms with Crippen molar-refractivity contribution in [2.45, 2.75) is 240 Å². The maximum atomic E-state index is 11.7. The smallest absolute Gasteiger partial charge is 0.726 e. The van der Waals surface area contributed by atoms with Gasteiger partial charge in [0.2, 0.25) is 41.6 Å². The summed E-state index contributed by atoms with van der Waals surface area (Å²) in [6.07, 6.45) is -64.2. The summed E-state index contributed by atoms with van der Waals surface area (Å²) in [5.41, 5.74) is 39.8. The molecule has 8 fully saturated rings. The van der Waals surface area contributed by atoms with Crippen LogP contribution in [-0.4, -0.2) is 379 Å². The van der Waals surface area contributed by atoms with E-state index in [9.17, 15) is 118 Å². The molecule has 66 heteroatoms. The molecule has 0 spiro atoms. The molecule has 8 rings (SSSR count). The van der Waals surface area contributed by atoms with E-state index in [-0.39, 0.29) is 361 Å². The summed E-state index contributed by atoms with van der Waals surface area (Å²) in [5, 5.41) is 144. The van der Waals surface area contributed by atoms with Crippen molar-refractivity contribution in [2.24, 2.45) is 5.73 Å². The molecule has 50 nitrogen and oxygen atoms in total. The molecule has 0 aromatic carbocycles. The van der Waals surface area contributed by atoms with Gasteiger partial charge in [0.25, 0.3) is 0 Å². The molecule has 0 aromatic heterocycles. The van der Waals surface area contributed by atoms with E-state index in [1.165, 1.54) is 0 Å². The van der Waals surface area contributed by atoms with E-state index in [1.807, 2.05) is 0 Å². The van der Waals surface area contributed by atoms with Gasteiger partial charge in [-0.1, -0.05) is 24.2 Å². The summed E-state index contributed by atoms with van der Waals surface area (Å²) in [6.45, 7) is -2.11. The monoisotopic (exact) mass is 1860 g/mol. The Morgan fingerprint density at radius 2 is 0.530 bits per heavy atom. The number of nitrogens with two attached hydrogens (primary N) is 1. The average molecular weight is 1860 g/mol. The van der Waals surface area contributed by atoms with Crippen molar-refractivity contribution in [3.63, 3.8) is 0 Å². The maximum absolute atomic E-state index is 11.7. The standard InChI is InChI=1S/C49H81N5O45S4.12Na/c50-4-2-1-3-5-80-46-35(64)27(56)14(6-81-46)90-43-23(52)32(61)39(19(94-43)11-86-101(71,72)73)98-48-37(66)29(58)16(8-83-48)92-45-25(54)34(63)41(21(96-45)13-88-103(77,78)79)99-49-38(67)30(59)17(9-84-49)91-44-24(53)33(62)40(20(95-44)12-87-102(74,75)76)97-47-36(65)28(57)15(7-82-47)89-42-22(51)31(60)26(55)18(93-42)10-85-100(68,69)70;;;;;;;;;;;;/h6-9,14-49,51-67H,1-5,10-13,50H2,(H,68,69,70)(H,71,72,73)(H,74,75,76)(H,77,78,79);;;;;;;;;;;;/q-8;12*+1/p-4/t14-,15-,16-,17-,18?,19?,20?,21?,22?,23?,24?,25?,26-,27+,28-,29-,30+,31-,32-,33-,34-,35?,36?,37?,38?,39-,40-,41-,42+,43+,44+,45+,46-,47+,48+,49+;;;;;;;;;;;;/m1............/s1. The molecule has 604 valence electrons. The first-order valence-corrected chi connectivity index (χ1v) is 36.0. The van der Waals surface area contributed by atoms with Crippen LogP contribution in [0.2, 0.25) is 0 Å². The van der Waals surface area contributed by atoms with Crippen LogP contribution in [0.5, 0.6) is 0 Å². The van der Waals surface area contributed by atoms with E-state index >= 15 is 0 Å². The van der Waals surface area contributed by atoms with Gasteiger partial charge in [-0.2, -0.15) is 26.4 Å². The summed E-state index contributed by atoms with van der Waals surface area (Å²) in [4.78, 5) is 0. The molecule has 8 saturated heterocycles. The fourth-order valence-electron chi connectivity index (χ4n) is 11.1. The zero-order valence-electron chi connectivity index (χ0n) is 64.5. The number of nitrogens with one attached hydrogen (secondary N) is 4. The molecule has 8 aliphatic heterocycles. The Labute approximate surface area is 926 Å². The van der Waals surface area contributed by atoms with Gasteiger partial charge in [-0.15, -0.1) is 0 Å². The molecule has 19 N–H and O–H groups in total. The van der Waals surface area contributed by atoms with Crippen molar-refractivity contribution in [1.82, 2.24) is 0 Å². The fraction of sp³-hybridized carbons (Fsp3) is 0.918. The number of hydrogen-bond acceptors (Lipinski definition) is 46. The van der Waals surface area contributed by atoms with Crippen LogP contribution in [0.4, 0.5) is 0 Å². The third-order valence-corrected chi connectivity index (χ3v) is 18.3. The third-order valence-electron chi connectivity index (χ3n) is 16.6. The van der Waals surface area contributed by atoms with Gasteiger partial charge in [0.15, 0.2) is 25.2 Å². The van der Waals surface area contributed by atoms with E-state index < -0.39 is 289 Å². The zero-order chi connectivity index (χ0) is 76.1. The number of unbranched alkanes of at least 4 members (excludes halogenated alkanes) is 2. The number of hydrogen-bond donors (Lipinski definition) is 14. The fourth-order valence-corrected chi connectivity index (χ4v) is 12.3. The Hall–Kier alpha value is 10.1. The normalized spacial score (nSPS) is 40.9. The second-order valence-corrected chi connectivity index (χ2v) is 28.1. The Morgan fingerprint density at radius 1 is 0.296 bits per heavy atom. The molecule has 0 aromatic rings. The Balaban J connectivity index is -0.00000336. The summed E-state index contributed by atoms with van der Waals surface area (Å²) in [5.74, 6) is 0. The van der Waals surface area contributed by atoms with Gasteiger partial charge in [0.05, 0.1) is 75.3 Å². The number of rotatable bonds is 32. The van der Waals surface area contributed by atoms with Crippen LogP contribution in [0.25, 0.3) is 22.9 Å². The van der Waals surface area contributed by atoms with E-state index in [0.717, 1.165) is 6.61 Å². The largest absolute Gasteiger partial charge is 1.00 e. The Kier molecular flexibility index (Phi) is 71.3. The number of aliphatic hydroxyl groups excluding tert-OH is 13. The van der Waals surface area contributed by atoms with E-state index in [0.29, 0.717) is 45.6 Å². The van der Waals surface area contributed by atoms with Gasteiger partial charge in [-0.25, -0.2) is 33.7 Å². The first-order valence-electron chi connectivity index (χ1n) is 30.6. The van der Waals surface area contributed by atoms with Crippen LogP contribution < -0.4 is 360 Å². The Morgan fingerprint density at radius 3 is 0.791 bits per heavy atom. The SMILES string of the molecule is [NH-]C1[C@@H](O[C@@H]2[CH-]O[C@@H](O[C@@H]3C(COS(=O)(=O)[O-])O[C@H](O[C@@H]4[CH-]O[C@@H](O[C@@H]5C(COS(=O)(=O)[O-])O[C@H](O[C@@H]6[CH-]O[C@@H](O[C@@H]7C(COS(=O)(=O)[O-])O[C@H](O[C@@H]8[CH-]O[C@@H](OCCCCCN)C(O)[C@H]8O)C([NH-])[C@H]7O)C(O)[C@@H]6O)C([NH-])[C@H]5O)C(O)[C@H]4O)C([NH-])[C@H]3O)C(O)[C@@H]2O)OC(COS(=O)(=O)[O-])[C@@H](O)[C@@H]1O.[Na+].[Na+].[Na+].[Na+].[Na+].[Na+].[Na+].[Na+].[Na+].[Na+].[Na+].[Na+]. The molecule has 0 radical (unpaired) electrons. The summed E-state index contributed by atoms with van der Waals surface area (Å²) in [7, 11) is -22.2. The molecular formula is C49H77N5Na12O45S4. The van der Waals surface area contributed by atoms with E-state index in [2.05, 4.69) is 16.7 Å². The second-order valence-electron chi connectivity index (χ2n) is 23.9. The summed E-state index contributed by atoms with van der Waals surface area (Å²) in [6, 6.07) is -8.24. The predicted octanol–water partition coefficient (Wildman–Crippen LogP) is -47.9. The molecule has 36 atom stereocenters. The minimum absolute atomic E-state index is 0. The van der Waals surface area contributed by atoms with Gasteiger partial charge < -0.3 is 189 Å². The van der Waals surface area contributed by atoms with Crippen LogP contribution in [0.3, 0.4) is 0 Å². The molecule has 0 aliphatic carbocycles. The molecule has 0 bridgehead atoms. The van der Waals surface area contributed by atoms with Crippen LogP contribution in [0.15, 0.2) is 0 Å². The van der Waals surface area contributed by atoms with E-state index in [4.69, 9.17) is 104 Å². The van der Waals surface area contributed by atoms with Crippen molar-refractivity contribution >= 4 is 41.6 Å². The quantitative estimate of drug-likeness (QED) is 0.00978. The van der Waals surface area contributed by atoms with Crippen molar-refractivity contribution in [3.05, 3.63) is 49.4 Å². The van der Waals surface area contributed by atoms with Crippen LogP contribution in [0.1, 0.15) is 19.3 Å². The molecule has 0 amide bonds. The second kappa shape index (κ2) is 61.4. The predicted molar refractivity (Wildman–Crippen MR) is 307 cm³/mol. The molecule has 115 heavy (non-hydrogen) atoms. The summed E-state index contributed by atoms with van der Waals surface area (Å²) < 4.78 is 243. The van der Waals surface area contributed by atoms with Crippen molar-refractivity contribution in [3.8, 4) is 0 Å². The van der Waals surface area contributed by atoms with Gasteiger partial charge in [-0.3, -0.25) is 16.7 Å². The molecule has 12 unspecified atom stereocenters. The Bertz CT molecular complexity index is 3170. The van der Waals surface area contributed by atoms with Crippen LogP contribution in [-0.2, 0) is 134 Å². The minimum Gasteiger partial charge on any atom is -0.726 e. The third kappa shape index (κ3) is 39.3. The van der Waals surface area contributed by atoms with Gasteiger partial charge in [0, 0.05) is 6.61 Å². The van der Waals surface area contributed by atoms with Crippen molar-refractivity contribution in [1.29, 1.82) is 0 Å².